The maximum Gasteiger partial charge on any atom is 0.328 e. The zero-order valence-corrected chi connectivity index (χ0v) is 12.7. The summed E-state index contributed by atoms with van der Waals surface area (Å²) in [5, 5.41) is 12.2. The molecule has 0 saturated heterocycles. The van der Waals surface area contributed by atoms with Crippen LogP contribution in [0.3, 0.4) is 0 Å². The molecule has 1 heterocycles. The van der Waals surface area contributed by atoms with E-state index in [0.717, 1.165) is 17.4 Å². The van der Waals surface area contributed by atoms with Gasteiger partial charge in [0.25, 0.3) is 5.91 Å². The van der Waals surface area contributed by atoms with Crippen LogP contribution in [0.2, 0.25) is 10.0 Å². The Kier molecular flexibility index (Phi) is 4.95. The summed E-state index contributed by atoms with van der Waals surface area (Å²) in [6, 6.07) is 4.50. The topological polar surface area (TPSA) is 79.3 Å². The number of hydrogen-bond acceptors (Lipinski definition) is 4. The molecule has 21 heavy (non-hydrogen) atoms. The molecule has 1 aromatic heterocycles. The molecule has 1 amide bonds. The number of hydrogen-bond donors (Lipinski definition) is 2. The van der Waals surface area contributed by atoms with Crippen molar-refractivity contribution in [3.8, 4) is 0 Å². The molecule has 0 fully saturated rings. The van der Waals surface area contributed by atoms with Crippen molar-refractivity contribution in [3.63, 3.8) is 0 Å². The van der Waals surface area contributed by atoms with E-state index in [1.165, 1.54) is 30.5 Å². The minimum atomic E-state index is -1.05. The Hall–Kier alpha value is -1.89. The van der Waals surface area contributed by atoms with Gasteiger partial charge in [0.15, 0.2) is 5.13 Å². The van der Waals surface area contributed by atoms with Gasteiger partial charge in [0.2, 0.25) is 0 Å². The normalized spacial score (nSPS) is 10.8. The first-order chi connectivity index (χ1) is 9.94. The fraction of sp³-hybridized carbons (Fsp3) is 0. The van der Waals surface area contributed by atoms with E-state index >= 15 is 0 Å². The molecule has 8 heteroatoms. The molecule has 2 rings (SSSR count). The third kappa shape index (κ3) is 4.56. The van der Waals surface area contributed by atoms with Crippen LogP contribution in [-0.4, -0.2) is 22.0 Å². The van der Waals surface area contributed by atoms with E-state index in [0.29, 0.717) is 25.6 Å². The van der Waals surface area contributed by atoms with E-state index in [2.05, 4.69) is 10.3 Å². The number of rotatable bonds is 4. The van der Waals surface area contributed by atoms with Gasteiger partial charge >= 0.3 is 5.97 Å². The molecule has 0 radical (unpaired) electrons. The predicted molar refractivity (Wildman–Crippen MR) is 83.2 cm³/mol. The lowest BCUT2D eigenvalue weighted by molar-refractivity contribution is -0.131. The summed E-state index contributed by atoms with van der Waals surface area (Å²) < 4.78 is 0. The van der Waals surface area contributed by atoms with Crippen molar-refractivity contribution < 1.29 is 14.7 Å². The molecule has 0 spiro atoms. The monoisotopic (exact) mass is 342 g/mol. The van der Waals surface area contributed by atoms with Crippen molar-refractivity contribution in [2.24, 2.45) is 0 Å². The van der Waals surface area contributed by atoms with Crippen molar-refractivity contribution in [1.82, 2.24) is 4.98 Å². The van der Waals surface area contributed by atoms with Crippen LogP contribution in [-0.2, 0) is 4.79 Å². The van der Waals surface area contributed by atoms with Crippen LogP contribution in [0.15, 0.2) is 30.5 Å². The van der Waals surface area contributed by atoms with E-state index in [1.807, 2.05) is 0 Å². The standard InChI is InChI=1S/C13H8Cl2N2O3S/c14-8-3-7(4-9(15)5-8)12(20)17-13-16-6-10(21-13)1-2-11(18)19/h1-6H,(H,18,19)(H,16,17,20). The fourth-order valence-electron chi connectivity index (χ4n) is 1.43. The molecular formula is C13H8Cl2N2O3S. The van der Waals surface area contributed by atoms with E-state index in [1.54, 1.807) is 0 Å². The zero-order chi connectivity index (χ0) is 15.4. The number of carboxylic acids is 1. The highest BCUT2D eigenvalue weighted by Crippen LogP contribution is 2.22. The minimum Gasteiger partial charge on any atom is -0.478 e. The Labute approximate surface area is 133 Å². The maximum absolute atomic E-state index is 12.0. The van der Waals surface area contributed by atoms with Crippen LogP contribution in [0.5, 0.6) is 0 Å². The number of carbonyl (C=O) groups is 2. The molecule has 0 aliphatic heterocycles. The predicted octanol–water partition coefficient (Wildman–Crippen LogP) is 3.80. The summed E-state index contributed by atoms with van der Waals surface area (Å²) in [6.45, 7) is 0. The first-order valence-electron chi connectivity index (χ1n) is 5.58. The number of anilines is 1. The van der Waals surface area contributed by atoms with Gasteiger partial charge < -0.3 is 5.11 Å². The molecule has 0 aliphatic rings. The minimum absolute atomic E-state index is 0.310. The molecule has 5 nitrogen and oxygen atoms in total. The molecule has 2 N–H and O–H groups in total. The number of halogens is 2. The Morgan fingerprint density at radius 1 is 1.24 bits per heavy atom. The van der Waals surface area contributed by atoms with Gasteiger partial charge in [-0.2, -0.15) is 0 Å². The number of thiazole rings is 1. The third-order valence-electron chi connectivity index (χ3n) is 2.26. The van der Waals surface area contributed by atoms with Crippen LogP contribution in [0.25, 0.3) is 6.08 Å². The lowest BCUT2D eigenvalue weighted by Crippen LogP contribution is -2.11. The van der Waals surface area contributed by atoms with Crippen molar-refractivity contribution in [2.75, 3.05) is 5.32 Å². The summed E-state index contributed by atoms with van der Waals surface area (Å²) in [4.78, 5) is 27.0. The van der Waals surface area contributed by atoms with Crippen LogP contribution in [0.4, 0.5) is 5.13 Å². The van der Waals surface area contributed by atoms with Crippen molar-refractivity contribution in [2.45, 2.75) is 0 Å². The van der Waals surface area contributed by atoms with E-state index in [4.69, 9.17) is 28.3 Å². The van der Waals surface area contributed by atoms with Crippen molar-refractivity contribution >= 4 is 57.6 Å². The van der Waals surface area contributed by atoms with E-state index in [9.17, 15) is 9.59 Å². The van der Waals surface area contributed by atoms with Crippen LogP contribution in [0.1, 0.15) is 15.2 Å². The number of nitrogens with zero attached hydrogens (tertiary/aromatic N) is 1. The Morgan fingerprint density at radius 3 is 2.52 bits per heavy atom. The number of carbonyl (C=O) groups excluding carboxylic acids is 1. The summed E-state index contributed by atoms with van der Waals surface area (Å²) in [7, 11) is 0. The molecule has 0 aliphatic carbocycles. The second-order valence-corrected chi connectivity index (χ2v) is 5.79. The average Bonchev–Trinajstić information content (AvgIpc) is 2.83. The first-order valence-corrected chi connectivity index (χ1v) is 7.15. The highest BCUT2D eigenvalue weighted by molar-refractivity contribution is 7.16. The van der Waals surface area contributed by atoms with Crippen molar-refractivity contribution in [3.05, 3.63) is 51.0 Å². The summed E-state index contributed by atoms with van der Waals surface area (Å²) in [5.41, 5.74) is 0.310. The number of amides is 1. The Morgan fingerprint density at radius 2 is 1.90 bits per heavy atom. The van der Waals surface area contributed by atoms with Gasteiger partial charge in [0.1, 0.15) is 0 Å². The lowest BCUT2D eigenvalue weighted by atomic mass is 10.2. The second kappa shape index (κ2) is 6.71. The summed E-state index contributed by atoms with van der Waals surface area (Å²) in [6.07, 6.45) is 3.85. The van der Waals surface area contributed by atoms with Crippen LogP contribution < -0.4 is 5.32 Å². The number of benzene rings is 1. The largest absolute Gasteiger partial charge is 0.478 e. The molecule has 0 saturated carbocycles. The van der Waals surface area contributed by atoms with Gasteiger partial charge in [-0.3, -0.25) is 10.1 Å². The van der Waals surface area contributed by atoms with E-state index < -0.39 is 11.9 Å². The summed E-state index contributed by atoms with van der Waals surface area (Å²) >= 11 is 12.8. The van der Waals surface area contributed by atoms with Crippen LogP contribution >= 0.6 is 34.5 Å². The van der Waals surface area contributed by atoms with Gasteiger partial charge in [0, 0.05) is 32.8 Å². The lowest BCUT2D eigenvalue weighted by Gasteiger charge is -2.02. The highest BCUT2D eigenvalue weighted by Gasteiger charge is 2.10. The third-order valence-corrected chi connectivity index (χ3v) is 3.57. The summed E-state index contributed by atoms with van der Waals surface area (Å²) in [5.74, 6) is -1.45. The Balaban J connectivity index is 2.11. The van der Waals surface area contributed by atoms with Gasteiger partial charge in [0.05, 0.1) is 0 Å². The number of aromatic nitrogens is 1. The number of carboxylic acid groups (broad SMARTS) is 1. The highest BCUT2D eigenvalue weighted by atomic mass is 35.5. The maximum atomic E-state index is 12.0. The van der Waals surface area contributed by atoms with E-state index in [-0.39, 0.29) is 0 Å². The molecule has 0 unspecified atom stereocenters. The fourth-order valence-corrected chi connectivity index (χ4v) is 2.67. The van der Waals surface area contributed by atoms with Gasteiger partial charge in [-0.05, 0) is 24.3 Å². The smallest absolute Gasteiger partial charge is 0.328 e. The number of nitrogens with one attached hydrogen (secondary N) is 1. The molecule has 1 aromatic carbocycles. The molecule has 108 valence electrons. The van der Waals surface area contributed by atoms with Gasteiger partial charge in [-0.15, -0.1) is 0 Å². The van der Waals surface area contributed by atoms with Crippen LogP contribution in [0, 0.1) is 0 Å². The molecule has 0 atom stereocenters. The first kappa shape index (κ1) is 15.5. The Bertz CT molecular complexity index is 708. The molecular weight excluding hydrogens is 335 g/mol. The average molecular weight is 343 g/mol. The number of aliphatic carboxylic acids is 1. The molecule has 0 bridgehead atoms. The van der Waals surface area contributed by atoms with Crippen molar-refractivity contribution in [1.29, 1.82) is 0 Å². The van der Waals surface area contributed by atoms with Gasteiger partial charge in [-0.1, -0.05) is 34.5 Å². The SMILES string of the molecule is O=C(O)C=Cc1cnc(NC(=O)c2cc(Cl)cc(Cl)c2)s1. The zero-order valence-electron chi connectivity index (χ0n) is 10.3. The second-order valence-electron chi connectivity index (χ2n) is 3.85. The van der Waals surface area contributed by atoms with Gasteiger partial charge in [-0.25, -0.2) is 9.78 Å². The molecule has 2 aromatic rings. The quantitative estimate of drug-likeness (QED) is 0.828.